The molecule has 0 amide bonds. The van der Waals surface area contributed by atoms with Gasteiger partial charge in [-0.1, -0.05) is 131 Å². The van der Waals surface area contributed by atoms with Crippen LogP contribution in [0.1, 0.15) is 45.6 Å². The molecule has 0 aliphatic carbocycles. The zero-order chi connectivity index (χ0) is 31.2. The van der Waals surface area contributed by atoms with Crippen LogP contribution in [-0.2, 0) is 30.0 Å². The number of carbonyl (C=O) groups is 1. The van der Waals surface area contributed by atoms with Gasteiger partial charge in [0.25, 0.3) is 8.32 Å². The molecule has 0 fully saturated rings. The molecule has 0 bridgehead atoms. The van der Waals surface area contributed by atoms with Crippen LogP contribution >= 0.6 is 0 Å². The molecule has 0 aromatic heterocycles. The molecule has 0 N–H and O–H groups in total. The van der Waals surface area contributed by atoms with Crippen molar-refractivity contribution in [2.75, 3.05) is 20.0 Å². The van der Waals surface area contributed by atoms with Crippen LogP contribution in [0.5, 0.6) is 0 Å². The van der Waals surface area contributed by atoms with Gasteiger partial charge in [-0.25, -0.2) is 0 Å². The minimum atomic E-state index is -2.67. The van der Waals surface area contributed by atoms with Gasteiger partial charge in [0.05, 0.1) is 18.8 Å². The third-order valence-corrected chi connectivity index (χ3v) is 14.5. The van der Waals surface area contributed by atoms with Gasteiger partial charge in [-0.2, -0.15) is 0 Å². The van der Waals surface area contributed by atoms with E-state index in [1.807, 2.05) is 30.3 Å². The van der Waals surface area contributed by atoms with E-state index in [0.29, 0.717) is 39.1 Å². The van der Waals surface area contributed by atoms with Gasteiger partial charge in [-0.3, -0.25) is 0 Å². The first kappa shape index (κ1) is 35.1. The molecule has 0 spiro atoms. The molecule has 0 radical (unpaired) electrons. The zero-order valence-electron chi connectivity index (χ0n) is 27.1. The van der Waals surface area contributed by atoms with Gasteiger partial charge in [-0.05, 0) is 33.4 Å². The first-order chi connectivity index (χ1) is 20.5. The SMILES string of the molecule is CC(C)(C)[Si](OCC[C@@H](C[C@H](CC=O)OCc1ccccc1)OCOCC[Si](C)(C)C)(c1ccccc1)c1ccccc1. The molecule has 0 aliphatic heterocycles. The van der Waals surface area contributed by atoms with E-state index in [9.17, 15) is 4.79 Å². The van der Waals surface area contributed by atoms with Crippen LogP contribution in [0, 0.1) is 0 Å². The Morgan fingerprint density at radius 1 is 0.744 bits per heavy atom. The maximum atomic E-state index is 11.6. The molecular weight excluding hydrogens is 569 g/mol. The summed E-state index contributed by atoms with van der Waals surface area (Å²) in [7, 11) is -3.86. The van der Waals surface area contributed by atoms with Crippen molar-refractivity contribution in [3.8, 4) is 0 Å². The van der Waals surface area contributed by atoms with Gasteiger partial charge in [0, 0.05) is 34.1 Å². The van der Waals surface area contributed by atoms with Gasteiger partial charge in [0.15, 0.2) is 0 Å². The zero-order valence-corrected chi connectivity index (χ0v) is 29.1. The van der Waals surface area contributed by atoms with Gasteiger partial charge < -0.3 is 23.4 Å². The van der Waals surface area contributed by atoms with Gasteiger partial charge in [0.2, 0.25) is 0 Å². The quantitative estimate of drug-likeness (QED) is 0.0613. The third kappa shape index (κ3) is 11.2. The predicted molar refractivity (Wildman–Crippen MR) is 182 cm³/mol. The van der Waals surface area contributed by atoms with E-state index < -0.39 is 16.4 Å². The fourth-order valence-electron chi connectivity index (χ4n) is 5.38. The Balaban J connectivity index is 1.77. The number of carbonyl (C=O) groups excluding carboxylic acids is 1. The highest BCUT2D eigenvalue weighted by atomic mass is 28.4. The molecule has 0 aliphatic rings. The highest BCUT2D eigenvalue weighted by Crippen LogP contribution is 2.37. The van der Waals surface area contributed by atoms with Crippen LogP contribution in [0.15, 0.2) is 91.0 Å². The molecule has 3 aromatic rings. The van der Waals surface area contributed by atoms with Crippen molar-refractivity contribution in [1.82, 2.24) is 0 Å². The molecule has 0 unspecified atom stereocenters. The third-order valence-electron chi connectivity index (χ3n) is 7.77. The largest absolute Gasteiger partial charge is 0.407 e. The van der Waals surface area contributed by atoms with Crippen LogP contribution < -0.4 is 10.4 Å². The van der Waals surface area contributed by atoms with E-state index in [1.165, 1.54) is 10.4 Å². The van der Waals surface area contributed by atoms with Crippen molar-refractivity contribution < 1.29 is 23.4 Å². The van der Waals surface area contributed by atoms with Crippen molar-refractivity contribution >= 4 is 33.1 Å². The molecule has 3 aromatic carbocycles. The standard InChI is InChI=1S/C36H52O5Si2/c1-36(2,3)43(34-18-12-8-13-19-34,35-20-14-9-15-21-35)41-25-23-33(40-30-38-26-27-42(4,5)6)28-32(22-24-37)39-29-31-16-10-7-11-17-31/h7-21,24,32-33H,22-23,25-30H2,1-6H3/t32-,33-/m0/s1. The Hall–Kier alpha value is -2.40. The lowest BCUT2D eigenvalue weighted by atomic mass is 10.1. The summed E-state index contributed by atoms with van der Waals surface area (Å²) in [6.45, 7) is 15.8. The molecule has 0 saturated carbocycles. The maximum Gasteiger partial charge on any atom is 0.261 e. The normalized spacial score (nSPS) is 13.9. The monoisotopic (exact) mass is 620 g/mol. The van der Waals surface area contributed by atoms with E-state index in [2.05, 4.69) is 101 Å². The number of hydrogen-bond donors (Lipinski definition) is 0. The van der Waals surface area contributed by atoms with Crippen molar-refractivity contribution in [3.05, 3.63) is 96.6 Å². The minimum Gasteiger partial charge on any atom is -0.407 e. The maximum absolute atomic E-state index is 11.6. The van der Waals surface area contributed by atoms with E-state index >= 15 is 0 Å². The van der Waals surface area contributed by atoms with Gasteiger partial charge >= 0.3 is 0 Å². The van der Waals surface area contributed by atoms with E-state index in [4.69, 9.17) is 18.6 Å². The van der Waals surface area contributed by atoms with Crippen LogP contribution in [0.25, 0.3) is 0 Å². The summed E-state index contributed by atoms with van der Waals surface area (Å²) in [5, 5.41) is 2.40. The fraction of sp³-hybridized carbons (Fsp3) is 0.472. The smallest absolute Gasteiger partial charge is 0.261 e. The molecule has 3 rings (SSSR count). The summed E-state index contributed by atoms with van der Waals surface area (Å²) in [6, 6.07) is 32.5. The summed E-state index contributed by atoms with van der Waals surface area (Å²) < 4.78 is 25.6. The molecule has 5 nitrogen and oxygen atoms in total. The number of rotatable bonds is 19. The highest BCUT2D eigenvalue weighted by Gasteiger charge is 2.50. The molecule has 7 heteroatoms. The van der Waals surface area contributed by atoms with Gasteiger partial charge in [0.1, 0.15) is 13.1 Å². The Kier molecular flexibility index (Phi) is 14.0. The lowest BCUT2D eigenvalue weighted by Crippen LogP contribution is -2.66. The minimum absolute atomic E-state index is 0.106. The first-order valence-electron chi connectivity index (χ1n) is 15.6. The van der Waals surface area contributed by atoms with E-state index in [-0.39, 0.29) is 24.0 Å². The number of ether oxygens (including phenoxy) is 3. The van der Waals surface area contributed by atoms with Crippen LogP contribution in [-0.4, -0.2) is 54.9 Å². The van der Waals surface area contributed by atoms with Crippen molar-refractivity contribution in [2.45, 2.75) is 89.6 Å². The number of aldehydes is 1. The van der Waals surface area contributed by atoms with E-state index in [1.54, 1.807) is 0 Å². The Morgan fingerprint density at radius 2 is 1.30 bits per heavy atom. The fourth-order valence-corrected chi connectivity index (χ4v) is 10.7. The van der Waals surface area contributed by atoms with Crippen molar-refractivity contribution in [1.29, 1.82) is 0 Å². The average Bonchev–Trinajstić information content (AvgIpc) is 2.98. The number of hydrogen-bond acceptors (Lipinski definition) is 5. The summed E-state index contributed by atoms with van der Waals surface area (Å²) >= 11 is 0. The number of benzene rings is 3. The predicted octanol–water partition coefficient (Wildman–Crippen LogP) is 7.22. The molecule has 43 heavy (non-hydrogen) atoms. The molecule has 0 heterocycles. The first-order valence-corrected chi connectivity index (χ1v) is 21.2. The molecular formula is C36H52O5Si2. The summed E-state index contributed by atoms with van der Waals surface area (Å²) in [5.41, 5.74) is 1.08. The van der Waals surface area contributed by atoms with E-state index in [0.717, 1.165) is 17.9 Å². The molecule has 0 saturated heterocycles. The second-order valence-electron chi connectivity index (χ2n) is 13.5. The highest BCUT2D eigenvalue weighted by molar-refractivity contribution is 6.99. The van der Waals surface area contributed by atoms with Crippen LogP contribution in [0.3, 0.4) is 0 Å². The van der Waals surface area contributed by atoms with Crippen molar-refractivity contribution in [3.63, 3.8) is 0 Å². The lowest BCUT2D eigenvalue weighted by molar-refractivity contribution is -0.117. The van der Waals surface area contributed by atoms with Crippen LogP contribution in [0.4, 0.5) is 0 Å². The average molecular weight is 621 g/mol. The topological polar surface area (TPSA) is 54.0 Å². The van der Waals surface area contributed by atoms with Gasteiger partial charge in [-0.15, -0.1) is 0 Å². The molecule has 2 atom stereocenters. The lowest BCUT2D eigenvalue weighted by Gasteiger charge is -2.43. The Labute approximate surface area is 262 Å². The summed E-state index contributed by atoms with van der Waals surface area (Å²) in [5.74, 6) is 0. The Morgan fingerprint density at radius 3 is 1.81 bits per heavy atom. The van der Waals surface area contributed by atoms with Crippen molar-refractivity contribution in [2.24, 2.45) is 0 Å². The second kappa shape index (κ2) is 17.2. The summed E-state index contributed by atoms with van der Waals surface area (Å²) in [4.78, 5) is 11.6. The second-order valence-corrected chi connectivity index (χ2v) is 23.4. The molecule has 234 valence electrons. The summed E-state index contributed by atoms with van der Waals surface area (Å²) in [6.07, 6.45) is 2.09. The Bertz CT molecular complexity index is 1140. The van der Waals surface area contributed by atoms with Crippen LogP contribution in [0.2, 0.25) is 30.7 Å².